The Morgan fingerprint density at radius 2 is 1.78 bits per heavy atom. The second kappa shape index (κ2) is 7.31. The summed E-state index contributed by atoms with van der Waals surface area (Å²) in [7, 11) is 0. The van der Waals surface area contributed by atoms with Crippen LogP contribution in [0.5, 0.6) is 0 Å². The van der Waals surface area contributed by atoms with E-state index in [0.29, 0.717) is 18.3 Å². The molecule has 1 aromatic rings. The fourth-order valence-electron chi connectivity index (χ4n) is 4.81. The number of rotatable bonds is 4. The first-order valence-corrected chi connectivity index (χ1v) is 9.76. The number of anilines is 1. The average molecular weight is 370 g/mol. The fraction of sp³-hybridized carbons (Fsp3) is 0.550. The SMILES string of the molecule is NC1C2CCCC1CC(C(=O)Nc1ccc(CC3NC(=O)NC3=O)cc1)C2. The molecule has 3 atom stereocenters. The summed E-state index contributed by atoms with van der Waals surface area (Å²) in [6.45, 7) is 0. The second-order valence-corrected chi connectivity index (χ2v) is 8.10. The number of benzene rings is 1. The summed E-state index contributed by atoms with van der Waals surface area (Å²) in [6, 6.07) is 6.71. The van der Waals surface area contributed by atoms with E-state index in [4.69, 9.17) is 5.73 Å². The highest BCUT2D eigenvalue weighted by molar-refractivity contribution is 6.04. The lowest BCUT2D eigenvalue weighted by Gasteiger charge is -2.43. The number of amides is 4. The minimum Gasteiger partial charge on any atom is -0.327 e. The molecule has 5 N–H and O–H groups in total. The third-order valence-electron chi connectivity index (χ3n) is 6.30. The largest absolute Gasteiger partial charge is 0.327 e. The van der Waals surface area contributed by atoms with Crippen molar-refractivity contribution >= 4 is 23.5 Å². The third kappa shape index (κ3) is 3.83. The lowest BCUT2D eigenvalue weighted by Crippen LogP contribution is -2.48. The van der Waals surface area contributed by atoms with Crippen molar-refractivity contribution in [2.45, 2.75) is 50.6 Å². The van der Waals surface area contributed by atoms with Crippen LogP contribution in [0, 0.1) is 17.8 Å². The quantitative estimate of drug-likeness (QED) is 0.602. The molecule has 0 aromatic heterocycles. The van der Waals surface area contributed by atoms with Gasteiger partial charge in [-0.3, -0.25) is 14.9 Å². The van der Waals surface area contributed by atoms with Crippen LogP contribution in [0.25, 0.3) is 0 Å². The molecule has 0 spiro atoms. The van der Waals surface area contributed by atoms with Gasteiger partial charge in [0.25, 0.3) is 5.91 Å². The highest BCUT2D eigenvalue weighted by Gasteiger charge is 2.40. The van der Waals surface area contributed by atoms with Crippen LogP contribution in [0.1, 0.15) is 37.7 Å². The number of nitrogens with two attached hydrogens (primary N) is 1. The van der Waals surface area contributed by atoms with E-state index in [9.17, 15) is 14.4 Å². The number of carbonyl (C=O) groups excluding carboxylic acids is 3. The molecule has 1 aromatic carbocycles. The lowest BCUT2D eigenvalue weighted by molar-refractivity contribution is -0.122. The van der Waals surface area contributed by atoms with Gasteiger partial charge in [0.1, 0.15) is 6.04 Å². The van der Waals surface area contributed by atoms with E-state index in [1.54, 1.807) is 0 Å². The molecule has 3 unspecified atom stereocenters. The number of nitrogens with one attached hydrogen (secondary N) is 3. The number of urea groups is 1. The van der Waals surface area contributed by atoms with E-state index in [2.05, 4.69) is 16.0 Å². The molecule has 4 rings (SSSR count). The van der Waals surface area contributed by atoms with Crippen LogP contribution >= 0.6 is 0 Å². The van der Waals surface area contributed by atoms with Crippen molar-refractivity contribution in [1.82, 2.24) is 10.6 Å². The minimum atomic E-state index is -0.538. The summed E-state index contributed by atoms with van der Waals surface area (Å²) in [5.41, 5.74) is 7.99. The normalized spacial score (nSPS) is 32.6. The Kier molecular flexibility index (Phi) is 4.86. The van der Waals surface area contributed by atoms with Crippen molar-refractivity contribution in [2.24, 2.45) is 23.5 Å². The minimum absolute atomic E-state index is 0.0390. The molecule has 7 nitrogen and oxygen atoms in total. The van der Waals surface area contributed by atoms with Gasteiger partial charge >= 0.3 is 6.03 Å². The Hall–Kier alpha value is -2.41. The van der Waals surface area contributed by atoms with Crippen LogP contribution in [-0.4, -0.2) is 29.9 Å². The Balaban J connectivity index is 1.34. The van der Waals surface area contributed by atoms with E-state index in [-0.39, 0.29) is 23.8 Å². The highest BCUT2D eigenvalue weighted by Crippen LogP contribution is 2.42. The van der Waals surface area contributed by atoms with Crippen LogP contribution in [0.15, 0.2) is 24.3 Å². The topological polar surface area (TPSA) is 113 Å². The van der Waals surface area contributed by atoms with Gasteiger partial charge in [-0.1, -0.05) is 18.6 Å². The van der Waals surface area contributed by atoms with E-state index >= 15 is 0 Å². The first kappa shape index (κ1) is 18.0. The maximum Gasteiger partial charge on any atom is 0.322 e. The van der Waals surface area contributed by atoms with E-state index in [0.717, 1.165) is 36.9 Å². The van der Waals surface area contributed by atoms with E-state index in [1.807, 2.05) is 24.3 Å². The van der Waals surface area contributed by atoms with Gasteiger partial charge < -0.3 is 16.4 Å². The molecular formula is C20H26N4O3. The fourth-order valence-corrected chi connectivity index (χ4v) is 4.81. The maximum absolute atomic E-state index is 12.7. The van der Waals surface area contributed by atoms with Crippen molar-refractivity contribution < 1.29 is 14.4 Å². The van der Waals surface area contributed by atoms with Crippen molar-refractivity contribution in [1.29, 1.82) is 0 Å². The first-order chi connectivity index (χ1) is 13.0. The predicted molar refractivity (Wildman–Crippen MR) is 101 cm³/mol. The smallest absolute Gasteiger partial charge is 0.322 e. The zero-order valence-electron chi connectivity index (χ0n) is 15.2. The third-order valence-corrected chi connectivity index (χ3v) is 6.30. The second-order valence-electron chi connectivity index (χ2n) is 8.10. The average Bonchev–Trinajstić information content (AvgIpc) is 2.93. The van der Waals surface area contributed by atoms with E-state index < -0.39 is 12.1 Å². The molecule has 4 amide bonds. The molecule has 2 saturated carbocycles. The standard InChI is InChI=1S/C20H26N4O3/c21-17-12-2-1-3-13(17)10-14(9-12)18(25)22-15-6-4-11(5-7-15)8-16-19(26)24-20(27)23-16/h4-7,12-14,16-17H,1-3,8-10,21H2,(H,22,25)(H2,23,24,26,27). The molecule has 3 aliphatic rings. The molecule has 2 bridgehead atoms. The first-order valence-electron chi connectivity index (χ1n) is 9.76. The van der Waals surface area contributed by atoms with E-state index in [1.165, 1.54) is 6.42 Å². The molecule has 27 heavy (non-hydrogen) atoms. The molecule has 1 heterocycles. The summed E-state index contributed by atoms with van der Waals surface area (Å²) in [6.07, 6.45) is 5.72. The van der Waals surface area contributed by atoms with Gasteiger partial charge in [-0.25, -0.2) is 4.79 Å². The Labute approximate surface area is 158 Å². The van der Waals surface area contributed by atoms with Crippen LogP contribution in [0.3, 0.4) is 0 Å². The molecule has 0 radical (unpaired) electrons. The van der Waals surface area contributed by atoms with Gasteiger partial charge in [0.15, 0.2) is 0 Å². The molecule has 2 aliphatic carbocycles. The monoisotopic (exact) mass is 370 g/mol. The highest BCUT2D eigenvalue weighted by atomic mass is 16.2. The van der Waals surface area contributed by atoms with Crippen molar-refractivity contribution in [2.75, 3.05) is 5.32 Å². The number of hydrogen-bond acceptors (Lipinski definition) is 4. The lowest BCUT2D eigenvalue weighted by atomic mass is 9.65. The zero-order valence-corrected chi connectivity index (χ0v) is 15.2. The van der Waals surface area contributed by atoms with Crippen LogP contribution in [-0.2, 0) is 16.0 Å². The van der Waals surface area contributed by atoms with Gasteiger partial charge in [0, 0.05) is 24.1 Å². The summed E-state index contributed by atoms with van der Waals surface area (Å²) in [5, 5.41) is 7.83. The Morgan fingerprint density at radius 3 is 2.37 bits per heavy atom. The number of imide groups is 1. The van der Waals surface area contributed by atoms with Gasteiger partial charge in [0.05, 0.1) is 0 Å². The Morgan fingerprint density at radius 1 is 1.11 bits per heavy atom. The number of carbonyl (C=O) groups is 3. The Bertz CT molecular complexity index is 734. The summed E-state index contributed by atoms with van der Waals surface area (Å²) >= 11 is 0. The molecule has 1 aliphatic heterocycles. The molecule has 1 saturated heterocycles. The molecule has 3 fully saturated rings. The van der Waals surface area contributed by atoms with Crippen molar-refractivity contribution in [3.05, 3.63) is 29.8 Å². The van der Waals surface area contributed by atoms with Crippen LogP contribution in [0.2, 0.25) is 0 Å². The van der Waals surface area contributed by atoms with Crippen LogP contribution in [0.4, 0.5) is 10.5 Å². The number of hydrogen-bond donors (Lipinski definition) is 4. The number of fused-ring (bicyclic) bond motifs is 2. The van der Waals surface area contributed by atoms with Gasteiger partial charge in [0.2, 0.25) is 5.91 Å². The van der Waals surface area contributed by atoms with Gasteiger partial charge in [-0.15, -0.1) is 0 Å². The summed E-state index contributed by atoms with van der Waals surface area (Å²) in [4.78, 5) is 35.5. The molecule has 7 heteroatoms. The zero-order chi connectivity index (χ0) is 19.0. The van der Waals surface area contributed by atoms with Gasteiger partial charge in [-0.2, -0.15) is 0 Å². The maximum atomic E-state index is 12.7. The summed E-state index contributed by atoms with van der Waals surface area (Å²) < 4.78 is 0. The predicted octanol–water partition coefficient (Wildman–Crippen LogP) is 1.53. The van der Waals surface area contributed by atoms with Crippen molar-refractivity contribution in [3.8, 4) is 0 Å². The molecular weight excluding hydrogens is 344 g/mol. The van der Waals surface area contributed by atoms with Gasteiger partial charge in [-0.05, 0) is 55.2 Å². The van der Waals surface area contributed by atoms with Crippen LogP contribution < -0.4 is 21.7 Å². The summed E-state index contributed by atoms with van der Waals surface area (Å²) in [5.74, 6) is 0.761. The van der Waals surface area contributed by atoms with Crippen molar-refractivity contribution in [3.63, 3.8) is 0 Å². The molecule has 144 valence electrons.